The van der Waals surface area contributed by atoms with E-state index in [4.69, 9.17) is 4.74 Å². The fourth-order valence-corrected chi connectivity index (χ4v) is 2.05. The van der Waals surface area contributed by atoms with Crippen LogP contribution in [0.15, 0.2) is 22.7 Å². The van der Waals surface area contributed by atoms with Gasteiger partial charge in [0.2, 0.25) is 0 Å². The molecular formula is C13H12BrNO4. The zero-order valence-corrected chi connectivity index (χ0v) is 12.3. The Bertz CT molecular complexity index is 589. The van der Waals surface area contributed by atoms with E-state index < -0.39 is 23.5 Å². The van der Waals surface area contributed by atoms with Gasteiger partial charge in [-0.1, -0.05) is 15.9 Å². The molecule has 0 saturated carbocycles. The lowest BCUT2D eigenvalue weighted by molar-refractivity contribution is 0.0255. The normalized spacial score (nSPS) is 14.6. The average molecular weight is 326 g/mol. The number of rotatable bonds is 0. The standard InChI is InChI=1S/C13H12BrNO4/c1-13(2,3)19-12(18)15-10(16)8-5-4-7(14)6-9(8)11(15)17/h4-6H,1-3H3. The van der Waals surface area contributed by atoms with Crippen molar-refractivity contribution in [3.8, 4) is 0 Å². The van der Waals surface area contributed by atoms with Crippen LogP contribution in [-0.4, -0.2) is 28.4 Å². The van der Waals surface area contributed by atoms with Crippen LogP contribution in [0.25, 0.3) is 0 Å². The summed E-state index contributed by atoms with van der Waals surface area (Å²) in [4.78, 5) is 36.5. The highest BCUT2D eigenvalue weighted by atomic mass is 79.9. The van der Waals surface area contributed by atoms with Crippen molar-refractivity contribution < 1.29 is 19.1 Å². The van der Waals surface area contributed by atoms with Gasteiger partial charge in [-0.25, -0.2) is 4.79 Å². The van der Waals surface area contributed by atoms with Crippen molar-refractivity contribution in [1.82, 2.24) is 4.90 Å². The molecule has 0 aromatic heterocycles. The predicted octanol–water partition coefficient (Wildman–Crippen LogP) is 2.98. The Labute approximate surface area is 118 Å². The van der Waals surface area contributed by atoms with Gasteiger partial charge in [0.1, 0.15) is 5.60 Å². The van der Waals surface area contributed by atoms with E-state index in [1.807, 2.05) is 0 Å². The van der Waals surface area contributed by atoms with Crippen LogP contribution in [0.1, 0.15) is 41.5 Å². The van der Waals surface area contributed by atoms with Crippen molar-refractivity contribution in [2.45, 2.75) is 26.4 Å². The van der Waals surface area contributed by atoms with Gasteiger partial charge in [0.05, 0.1) is 11.1 Å². The molecule has 0 fully saturated rings. The summed E-state index contributed by atoms with van der Waals surface area (Å²) >= 11 is 3.22. The number of imide groups is 3. The van der Waals surface area contributed by atoms with Crippen molar-refractivity contribution in [2.24, 2.45) is 0 Å². The Morgan fingerprint density at radius 3 is 2.32 bits per heavy atom. The van der Waals surface area contributed by atoms with Gasteiger partial charge < -0.3 is 4.74 Å². The molecule has 3 amide bonds. The van der Waals surface area contributed by atoms with Crippen LogP contribution in [0.3, 0.4) is 0 Å². The second-order valence-electron chi connectivity index (χ2n) is 5.12. The van der Waals surface area contributed by atoms with Crippen molar-refractivity contribution >= 4 is 33.8 Å². The summed E-state index contributed by atoms with van der Waals surface area (Å²) in [6, 6.07) is 4.66. The summed E-state index contributed by atoms with van der Waals surface area (Å²) in [5.41, 5.74) is -0.364. The van der Waals surface area contributed by atoms with Crippen LogP contribution >= 0.6 is 15.9 Å². The fourth-order valence-electron chi connectivity index (χ4n) is 1.69. The van der Waals surface area contributed by atoms with Crippen LogP contribution in [-0.2, 0) is 4.74 Å². The average Bonchev–Trinajstić information content (AvgIpc) is 2.49. The van der Waals surface area contributed by atoms with Gasteiger partial charge in [-0.15, -0.1) is 0 Å². The maximum Gasteiger partial charge on any atom is 0.424 e. The lowest BCUT2D eigenvalue weighted by Crippen LogP contribution is -2.40. The number of halogens is 1. The number of ether oxygens (including phenoxy) is 1. The molecule has 0 atom stereocenters. The molecule has 0 N–H and O–H groups in total. The minimum Gasteiger partial charge on any atom is -0.443 e. The Kier molecular flexibility index (Phi) is 3.22. The molecular weight excluding hydrogens is 314 g/mol. The van der Waals surface area contributed by atoms with Crippen molar-refractivity contribution in [3.63, 3.8) is 0 Å². The first kappa shape index (κ1) is 13.7. The topological polar surface area (TPSA) is 63.7 Å². The molecule has 0 saturated heterocycles. The highest BCUT2D eigenvalue weighted by molar-refractivity contribution is 9.10. The maximum atomic E-state index is 12.1. The van der Waals surface area contributed by atoms with E-state index in [1.165, 1.54) is 12.1 Å². The predicted molar refractivity (Wildman–Crippen MR) is 70.9 cm³/mol. The molecule has 0 bridgehead atoms. The molecule has 0 radical (unpaired) electrons. The Balaban J connectivity index is 2.35. The fraction of sp³-hybridized carbons (Fsp3) is 0.308. The molecule has 100 valence electrons. The number of fused-ring (bicyclic) bond motifs is 1. The van der Waals surface area contributed by atoms with Gasteiger partial charge in [0.15, 0.2) is 0 Å². The maximum absolute atomic E-state index is 12.1. The number of benzene rings is 1. The summed E-state index contributed by atoms with van der Waals surface area (Å²) in [5, 5.41) is 0. The van der Waals surface area contributed by atoms with Gasteiger partial charge in [-0.05, 0) is 39.0 Å². The third kappa shape index (κ3) is 2.53. The molecule has 1 heterocycles. The lowest BCUT2D eigenvalue weighted by Gasteiger charge is -2.22. The molecule has 1 aliphatic heterocycles. The Hall–Kier alpha value is -1.69. The van der Waals surface area contributed by atoms with Crippen LogP contribution in [0.4, 0.5) is 4.79 Å². The largest absolute Gasteiger partial charge is 0.443 e. The van der Waals surface area contributed by atoms with E-state index in [2.05, 4.69) is 15.9 Å². The monoisotopic (exact) mass is 325 g/mol. The molecule has 2 rings (SSSR count). The first-order valence-electron chi connectivity index (χ1n) is 5.62. The minimum atomic E-state index is -0.949. The van der Waals surface area contributed by atoms with E-state index in [0.29, 0.717) is 9.37 Å². The Morgan fingerprint density at radius 1 is 1.16 bits per heavy atom. The number of hydrogen-bond donors (Lipinski definition) is 0. The summed E-state index contributed by atoms with van der Waals surface area (Å²) in [6.45, 7) is 5.00. The van der Waals surface area contributed by atoms with Gasteiger partial charge in [0.25, 0.3) is 11.8 Å². The molecule has 0 aliphatic carbocycles. The van der Waals surface area contributed by atoms with Crippen molar-refractivity contribution in [2.75, 3.05) is 0 Å². The summed E-state index contributed by atoms with van der Waals surface area (Å²) in [5.74, 6) is -1.31. The van der Waals surface area contributed by atoms with Crippen LogP contribution < -0.4 is 0 Å². The Morgan fingerprint density at radius 2 is 1.74 bits per heavy atom. The molecule has 1 aromatic rings. The first-order chi connectivity index (χ1) is 8.70. The van der Waals surface area contributed by atoms with E-state index >= 15 is 0 Å². The SMILES string of the molecule is CC(C)(C)OC(=O)N1C(=O)c2ccc(Br)cc2C1=O. The van der Waals surface area contributed by atoms with Gasteiger partial charge in [0, 0.05) is 4.47 Å². The van der Waals surface area contributed by atoms with Crippen LogP contribution in [0.5, 0.6) is 0 Å². The summed E-state index contributed by atoms with van der Waals surface area (Å²) in [6.07, 6.45) is -0.949. The van der Waals surface area contributed by atoms with Crippen LogP contribution in [0, 0.1) is 0 Å². The third-order valence-corrected chi connectivity index (χ3v) is 2.92. The highest BCUT2D eigenvalue weighted by Gasteiger charge is 2.42. The quantitative estimate of drug-likeness (QED) is 0.688. The zero-order chi connectivity index (χ0) is 14.4. The number of amides is 3. The van der Waals surface area contributed by atoms with Crippen LogP contribution in [0.2, 0.25) is 0 Å². The molecule has 1 aromatic carbocycles. The van der Waals surface area contributed by atoms with Gasteiger partial charge >= 0.3 is 6.09 Å². The molecule has 6 heteroatoms. The highest BCUT2D eigenvalue weighted by Crippen LogP contribution is 2.27. The number of nitrogens with zero attached hydrogens (tertiary/aromatic N) is 1. The summed E-state index contributed by atoms with van der Waals surface area (Å²) in [7, 11) is 0. The number of hydrogen-bond acceptors (Lipinski definition) is 4. The molecule has 0 spiro atoms. The lowest BCUT2D eigenvalue weighted by atomic mass is 10.1. The van der Waals surface area contributed by atoms with E-state index in [-0.39, 0.29) is 11.1 Å². The van der Waals surface area contributed by atoms with Crippen molar-refractivity contribution in [1.29, 1.82) is 0 Å². The number of carbonyl (C=O) groups is 3. The van der Waals surface area contributed by atoms with E-state index in [1.54, 1.807) is 26.8 Å². The van der Waals surface area contributed by atoms with Crippen molar-refractivity contribution in [3.05, 3.63) is 33.8 Å². The smallest absolute Gasteiger partial charge is 0.424 e. The molecule has 5 nitrogen and oxygen atoms in total. The number of carbonyl (C=O) groups excluding carboxylic acids is 3. The minimum absolute atomic E-state index is 0.199. The van der Waals surface area contributed by atoms with E-state index in [0.717, 1.165) is 0 Å². The van der Waals surface area contributed by atoms with E-state index in [9.17, 15) is 14.4 Å². The zero-order valence-electron chi connectivity index (χ0n) is 10.7. The third-order valence-electron chi connectivity index (χ3n) is 2.42. The van der Waals surface area contributed by atoms with Gasteiger partial charge in [-0.2, -0.15) is 4.90 Å². The molecule has 1 aliphatic rings. The second-order valence-corrected chi connectivity index (χ2v) is 6.03. The summed E-state index contributed by atoms with van der Waals surface area (Å²) < 4.78 is 5.72. The second kappa shape index (κ2) is 4.45. The molecule has 19 heavy (non-hydrogen) atoms. The molecule has 0 unspecified atom stereocenters. The van der Waals surface area contributed by atoms with Gasteiger partial charge in [-0.3, -0.25) is 9.59 Å². The first-order valence-corrected chi connectivity index (χ1v) is 6.41.